The predicted molar refractivity (Wildman–Crippen MR) is 80.7 cm³/mol. The molecule has 0 aliphatic carbocycles. The number of hydrogen-bond acceptors (Lipinski definition) is 5. The third-order valence-corrected chi connectivity index (χ3v) is 3.67. The number of aliphatic carboxylic acids is 1. The summed E-state index contributed by atoms with van der Waals surface area (Å²) < 4.78 is 5.34. The smallest absolute Gasteiger partial charge is 0.305 e. The second-order valence-electron chi connectivity index (χ2n) is 5.23. The number of anilines is 1. The number of rotatable bonds is 7. The van der Waals surface area contributed by atoms with E-state index < -0.39 is 5.97 Å². The fraction of sp³-hybridized carbons (Fsp3) is 0.600. The van der Waals surface area contributed by atoms with Gasteiger partial charge in [0, 0.05) is 38.9 Å². The van der Waals surface area contributed by atoms with E-state index in [0.717, 1.165) is 50.8 Å². The molecule has 21 heavy (non-hydrogen) atoms. The first-order valence-electron chi connectivity index (χ1n) is 7.35. The summed E-state index contributed by atoms with van der Waals surface area (Å²) in [4.78, 5) is 19.7. The summed E-state index contributed by atoms with van der Waals surface area (Å²) in [5, 5.41) is 8.92. The van der Waals surface area contributed by atoms with E-state index in [2.05, 4.69) is 14.8 Å². The Hall–Kier alpha value is -1.66. The van der Waals surface area contributed by atoms with Crippen LogP contribution >= 0.6 is 0 Å². The summed E-state index contributed by atoms with van der Waals surface area (Å²) >= 11 is 0. The molecule has 0 spiro atoms. The first kappa shape index (κ1) is 15.7. The minimum atomic E-state index is -0.778. The Morgan fingerprint density at radius 3 is 2.86 bits per heavy atom. The summed E-state index contributed by atoms with van der Waals surface area (Å²) in [6.07, 6.45) is 1.88. The van der Waals surface area contributed by atoms with Crippen molar-refractivity contribution in [1.82, 2.24) is 9.88 Å². The lowest BCUT2D eigenvalue weighted by molar-refractivity contribution is -0.136. The molecule has 1 saturated heterocycles. The Bertz CT molecular complexity index is 461. The van der Waals surface area contributed by atoms with Crippen molar-refractivity contribution in [1.29, 1.82) is 0 Å². The minimum absolute atomic E-state index is 0.124. The molecule has 1 aliphatic heterocycles. The Balaban J connectivity index is 1.97. The van der Waals surface area contributed by atoms with Crippen LogP contribution < -0.4 is 4.90 Å². The van der Waals surface area contributed by atoms with Crippen LogP contribution in [0.25, 0.3) is 0 Å². The summed E-state index contributed by atoms with van der Waals surface area (Å²) in [5.74, 6) is 0.104. The quantitative estimate of drug-likeness (QED) is 0.809. The van der Waals surface area contributed by atoms with E-state index in [4.69, 9.17) is 9.84 Å². The molecule has 0 atom stereocenters. The third-order valence-electron chi connectivity index (χ3n) is 3.67. The van der Waals surface area contributed by atoms with E-state index in [1.165, 1.54) is 0 Å². The number of nitrogens with zero attached hydrogens (tertiary/aromatic N) is 3. The molecule has 1 fully saturated rings. The summed E-state index contributed by atoms with van der Waals surface area (Å²) in [6, 6.07) is 3.90. The fourth-order valence-corrected chi connectivity index (χ4v) is 2.45. The topological polar surface area (TPSA) is 65.9 Å². The summed E-state index contributed by atoms with van der Waals surface area (Å²) in [6.45, 7) is 7.60. The normalized spacial score (nSPS) is 15.9. The highest BCUT2D eigenvalue weighted by atomic mass is 16.5. The molecule has 0 radical (unpaired) electrons. The third kappa shape index (κ3) is 4.99. The lowest BCUT2D eigenvalue weighted by atomic mass is 10.2. The molecule has 6 heteroatoms. The monoisotopic (exact) mass is 293 g/mol. The van der Waals surface area contributed by atoms with Crippen molar-refractivity contribution in [3.63, 3.8) is 0 Å². The number of morpholine rings is 1. The van der Waals surface area contributed by atoms with Crippen LogP contribution in [0.2, 0.25) is 0 Å². The van der Waals surface area contributed by atoms with E-state index >= 15 is 0 Å². The fourth-order valence-electron chi connectivity index (χ4n) is 2.45. The van der Waals surface area contributed by atoms with Gasteiger partial charge >= 0.3 is 5.97 Å². The molecule has 1 aliphatic rings. The van der Waals surface area contributed by atoms with Crippen LogP contribution in [0, 0.1) is 6.92 Å². The number of ether oxygens (including phenoxy) is 1. The lowest BCUT2D eigenvalue weighted by Gasteiger charge is -2.31. The van der Waals surface area contributed by atoms with Gasteiger partial charge in [0.2, 0.25) is 0 Å². The van der Waals surface area contributed by atoms with Gasteiger partial charge in [-0.2, -0.15) is 0 Å². The maximum Gasteiger partial charge on any atom is 0.305 e. The molecule has 116 valence electrons. The first-order valence-corrected chi connectivity index (χ1v) is 7.35. The van der Waals surface area contributed by atoms with Crippen LogP contribution in [-0.4, -0.2) is 66.9 Å². The Labute approximate surface area is 125 Å². The molecule has 0 amide bonds. The number of aryl methyl sites for hydroxylation is 1. The van der Waals surface area contributed by atoms with Gasteiger partial charge in [0.1, 0.15) is 5.82 Å². The van der Waals surface area contributed by atoms with Crippen molar-refractivity contribution in [2.45, 2.75) is 13.3 Å². The summed E-state index contributed by atoms with van der Waals surface area (Å²) in [5.41, 5.74) is 1.07. The first-order chi connectivity index (χ1) is 10.2. The molecule has 0 unspecified atom stereocenters. The number of hydrogen-bond donors (Lipinski definition) is 1. The van der Waals surface area contributed by atoms with Crippen molar-refractivity contribution >= 4 is 11.8 Å². The lowest BCUT2D eigenvalue weighted by Crippen LogP contribution is -2.42. The SMILES string of the molecule is Cc1cccnc1N(CCC(=O)O)CCN1CCOCC1. The van der Waals surface area contributed by atoms with Crippen LogP contribution in [0.3, 0.4) is 0 Å². The maximum atomic E-state index is 10.9. The van der Waals surface area contributed by atoms with E-state index in [9.17, 15) is 4.79 Å². The number of carboxylic acid groups (broad SMARTS) is 1. The van der Waals surface area contributed by atoms with Gasteiger partial charge in [0.25, 0.3) is 0 Å². The van der Waals surface area contributed by atoms with Gasteiger partial charge in [-0.15, -0.1) is 0 Å². The van der Waals surface area contributed by atoms with Crippen molar-refractivity contribution < 1.29 is 14.6 Å². The molecule has 0 bridgehead atoms. The van der Waals surface area contributed by atoms with E-state index in [1.807, 2.05) is 19.1 Å². The number of carboxylic acids is 1. The standard InChI is InChI=1S/C15H23N3O3/c1-13-3-2-5-16-15(13)18(6-4-14(19)20)8-7-17-9-11-21-12-10-17/h2-3,5H,4,6-12H2,1H3,(H,19,20). The average molecular weight is 293 g/mol. The molecule has 6 nitrogen and oxygen atoms in total. The highest BCUT2D eigenvalue weighted by Gasteiger charge is 2.15. The van der Waals surface area contributed by atoms with Gasteiger partial charge in [-0.3, -0.25) is 9.69 Å². The van der Waals surface area contributed by atoms with Crippen LogP contribution in [0.5, 0.6) is 0 Å². The molecule has 0 saturated carbocycles. The molecule has 2 rings (SSSR count). The van der Waals surface area contributed by atoms with Gasteiger partial charge in [0.15, 0.2) is 0 Å². The molecular weight excluding hydrogens is 270 g/mol. The van der Waals surface area contributed by atoms with E-state index in [-0.39, 0.29) is 6.42 Å². The van der Waals surface area contributed by atoms with Gasteiger partial charge < -0.3 is 14.7 Å². The zero-order valence-corrected chi connectivity index (χ0v) is 12.5. The molecule has 1 N–H and O–H groups in total. The molecule has 1 aromatic rings. The van der Waals surface area contributed by atoms with Crippen molar-refractivity contribution in [3.8, 4) is 0 Å². The largest absolute Gasteiger partial charge is 0.481 e. The van der Waals surface area contributed by atoms with E-state index in [0.29, 0.717) is 6.54 Å². The van der Waals surface area contributed by atoms with Crippen LogP contribution in [0.4, 0.5) is 5.82 Å². The van der Waals surface area contributed by atoms with Gasteiger partial charge in [0.05, 0.1) is 19.6 Å². The van der Waals surface area contributed by atoms with Crippen molar-refractivity contribution in [2.75, 3.05) is 50.8 Å². The molecule has 0 aromatic carbocycles. The van der Waals surface area contributed by atoms with Gasteiger partial charge in [-0.25, -0.2) is 4.98 Å². The highest BCUT2D eigenvalue weighted by Crippen LogP contribution is 2.16. The zero-order chi connectivity index (χ0) is 15.1. The van der Waals surface area contributed by atoms with Gasteiger partial charge in [-0.05, 0) is 18.6 Å². The molecule has 2 heterocycles. The van der Waals surface area contributed by atoms with Gasteiger partial charge in [-0.1, -0.05) is 6.07 Å². The number of carbonyl (C=O) groups is 1. The van der Waals surface area contributed by atoms with Crippen LogP contribution in [0.1, 0.15) is 12.0 Å². The number of aromatic nitrogens is 1. The molecular formula is C15H23N3O3. The van der Waals surface area contributed by atoms with Crippen LogP contribution in [-0.2, 0) is 9.53 Å². The maximum absolute atomic E-state index is 10.9. The van der Waals surface area contributed by atoms with Crippen molar-refractivity contribution in [3.05, 3.63) is 23.9 Å². The zero-order valence-electron chi connectivity index (χ0n) is 12.5. The van der Waals surface area contributed by atoms with E-state index in [1.54, 1.807) is 6.20 Å². The summed E-state index contributed by atoms with van der Waals surface area (Å²) in [7, 11) is 0. The van der Waals surface area contributed by atoms with Crippen molar-refractivity contribution in [2.24, 2.45) is 0 Å². The second-order valence-corrected chi connectivity index (χ2v) is 5.23. The second kappa shape index (κ2) is 7.95. The highest BCUT2D eigenvalue weighted by molar-refractivity contribution is 5.67. The Morgan fingerprint density at radius 2 is 2.19 bits per heavy atom. The van der Waals surface area contributed by atoms with Crippen LogP contribution in [0.15, 0.2) is 18.3 Å². The Kier molecular flexibility index (Phi) is 5.95. The molecule has 1 aromatic heterocycles. The Morgan fingerprint density at radius 1 is 1.43 bits per heavy atom. The minimum Gasteiger partial charge on any atom is -0.481 e. The predicted octanol–water partition coefficient (Wildman–Crippen LogP) is 1.00. The average Bonchev–Trinajstić information content (AvgIpc) is 2.49. The number of pyridine rings is 1.